The molecule has 1 aliphatic heterocycles. The van der Waals surface area contributed by atoms with Crippen LogP contribution in [0.2, 0.25) is 0 Å². The SMILES string of the molecule is CCCC[C@H](Oc1ccc(OCc2ccccc2)cc1[C@@]1(C(=O)OC)C(=O)Nc2c(Br)cccc21)c1cccc2ccccc12. The minimum absolute atomic E-state index is 0.315. The smallest absolute Gasteiger partial charge is 0.330 e. The highest BCUT2D eigenvalue weighted by atomic mass is 79.9. The summed E-state index contributed by atoms with van der Waals surface area (Å²) in [7, 11) is 1.30. The predicted molar refractivity (Wildman–Crippen MR) is 180 cm³/mol. The fourth-order valence-corrected chi connectivity index (χ4v) is 6.58. The standard InChI is InChI=1S/C38H34BrNO5/c1-3-4-20-33(29-17-10-15-26-14-8-9-16-28(26)29)45-34-22-21-27(44-24-25-12-6-5-7-13-25)23-31(34)38(37(42)43-2)30-18-11-19-32(39)35(30)40-36(38)41/h5-19,21-23,33H,3-4,20,24H2,1-2H3,(H,40,41)/t33-,38+/m0/s1. The van der Waals surface area contributed by atoms with Crippen molar-refractivity contribution < 1.29 is 23.8 Å². The second kappa shape index (κ2) is 13.2. The zero-order chi connectivity index (χ0) is 31.4. The highest BCUT2D eigenvalue weighted by molar-refractivity contribution is 9.10. The number of anilines is 1. The minimum Gasteiger partial charge on any atom is -0.489 e. The maximum absolute atomic E-state index is 14.1. The summed E-state index contributed by atoms with van der Waals surface area (Å²) in [5, 5.41) is 5.15. The number of carbonyl (C=O) groups is 2. The van der Waals surface area contributed by atoms with Gasteiger partial charge in [0.1, 0.15) is 24.2 Å². The lowest BCUT2D eigenvalue weighted by atomic mass is 9.74. The molecular weight excluding hydrogens is 630 g/mol. The average molecular weight is 665 g/mol. The first kappa shape index (κ1) is 30.4. The summed E-state index contributed by atoms with van der Waals surface area (Å²) in [6.45, 7) is 2.46. The third-order valence-electron chi connectivity index (χ3n) is 8.35. The second-order valence-electron chi connectivity index (χ2n) is 11.1. The molecule has 2 atom stereocenters. The summed E-state index contributed by atoms with van der Waals surface area (Å²) in [6.07, 6.45) is 2.32. The van der Waals surface area contributed by atoms with E-state index in [4.69, 9.17) is 14.2 Å². The van der Waals surface area contributed by atoms with Crippen molar-refractivity contribution >= 4 is 44.3 Å². The lowest BCUT2D eigenvalue weighted by Gasteiger charge is -2.30. The molecule has 6 nitrogen and oxygen atoms in total. The number of nitrogens with one attached hydrogen (secondary N) is 1. The van der Waals surface area contributed by atoms with Gasteiger partial charge in [-0.3, -0.25) is 9.59 Å². The zero-order valence-corrected chi connectivity index (χ0v) is 26.8. The largest absolute Gasteiger partial charge is 0.489 e. The number of carbonyl (C=O) groups excluding carboxylic acids is 2. The van der Waals surface area contributed by atoms with Crippen molar-refractivity contribution in [3.05, 3.63) is 136 Å². The van der Waals surface area contributed by atoms with Crippen LogP contribution in [-0.2, 0) is 26.3 Å². The summed E-state index contributed by atoms with van der Waals surface area (Å²) >= 11 is 3.55. The Labute approximate surface area is 271 Å². The van der Waals surface area contributed by atoms with Crippen molar-refractivity contribution in [1.82, 2.24) is 0 Å². The molecule has 7 heteroatoms. The van der Waals surface area contributed by atoms with E-state index in [1.54, 1.807) is 24.3 Å². The Morgan fingerprint density at radius 3 is 2.44 bits per heavy atom. The molecule has 0 fully saturated rings. The Hall–Kier alpha value is -4.62. The summed E-state index contributed by atoms with van der Waals surface area (Å²) in [4.78, 5) is 28.1. The Morgan fingerprint density at radius 2 is 1.64 bits per heavy atom. The molecule has 1 N–H and O–H groups in total. The third kappa shape index (κ3) is 5.69. The van der Waals surface area contributed by atoms with Crippen molar-refractivity contribution in [2.45, 2.75) is 44.3 Å². The van der Waals surface area contributed by atoms with Gasteiger partial charge in [-0.15, -0.1) is 0 Å². The molecule has 1 heterocycles. The molecule has 5 aromatic rings. The lowest BCUT2D eigenvalue weighted by molar-refractivity contribution is -0.148. The van der Waals surface area contributed by atoms with Crippen molar-refractivity contribution in [2.24, 2.45) is 0 Å². The molecule has 0 aromatic heterocycles. The van der Waals surface area contributed by atoms with Crippen LogP contribution in [0.3, 0.4) is 0 Å². The van der Waals surface area contributed by atoms with Crippen LogP contribution in [0, 0.1) is 0 Å². The fourth-order valence-electron chi connectivity index (χ4n) is 6.11. The lowest BCUT2D eigenvalue weighted by Crippen LogP contribution is -2.44. The van der Waals surface area contributed by atoms with Gasteiger partial charge >= 0.3 is 5.97 Å². The van der Waals surface area contributed by atoms with Crippen LogP contribution in [0.15, 0.2) is 114 Å². The molecule has 1 amide bonds. The molecule has 0 aliphatic carbocycles. The van der Waals surface area contributed by atoms with Gasteiger partial charge in [-0.1, -0.05) is 98.3 Å². The highest BCUT2D eigenvalue weighted by Crippen LogP contribution is 2.50. The van der Waals surface area contributed by atoms with Gasteiger partial charge in [0, 0.05) is 21.2 Å². The van der Waals surface area contributed by atoms with Crippen molar-refractivity contribution in [1.29, 1.82) is 0 Å². The number of halogens is 1. The van der Waals surface area contributed by atoms with Gasteiger partial charge in [0.05, 0.1) is 12.8 Å². The molecule has 5 aromatic carbocycles. The molecule has 6 rings (SSSR count). The van der Waals surface area contributed by atoms with Gasteiger partial charge in [-0.2, -0.15) is 0 Å². The number of methoxy groups -OCH3 is 1. The maximum Gasteiger partial charge on any atom is 0.330 e. The first-order valence-electron chi connectivity index (χ1n) is 15.1. The monoisotopic (exact) mass is 663 g/mol. The van der Waals surface area contributed by atoms with Crippen molar-refractivity contribution in [3.8, 4) is 11.5 Å². The highest BCUT2D eigenvalue weighted by Gasteiger charge is 2.58. The van der Waals surface area contributed by atoms with Gasteiger partial charge < -0.3 is 19.5 Å². The van der Waals surface area contributed by atoms with Gasteiger partial charge in [0.25, 0.3) is 5.91 Å². The van der Waals surface area contributed by atoms with Crippen LogP contribution >= 0.6 is 15.9 Å². The third-order valence-corrected chi connectivity index (χ3v) is 9.01. The number of rotatable bonds is 11. The first-order valence-corrected chi connectivity index (χ1v) is 15.9. The molecule has 0 unspecified atom stereocenters. The molecule has 0 spiro atoms. The predicted octanol–water partition coefficient (Wildman–Crippen LogP) is 8.90. The number of fused-ring (bicyclic) bond motifs is 2. The van der Waals surface area contributed by atoms with Crippen LogP contribution in [0.1, 0.15) is 54.5 Å². The number of amides is 1. The number of esters is 1. The van der Waals surface area contributed by atoms with E-state index in [1.807, 2.05) is 60.7 Å². The quantitative estimate of drug-likeness (QED) is 0.113. The maximum atomic E-state index is 14.1. The number of hydrogen-bond acceptors (Lipinski definition) is 5. The molecule has 0 saturated carbocycles. The number of benzene rings is 5. The topological polar surface area (TPSA) is 73.9 Å². The van der Waals surface area contributed by atoms with Crippen molar-refractivity contribution in [2.75, 3.05) is 12.4 Å². The van der Waals surface area contributed by atoms with E-state index in [9.17, 15) is 9.59 Å². The zero-order valence-electron chi connectivity index (χ0n) is 25.2. The first-order chi connectivity index (χ1) is 22.0. The van der Waals surface area contributed by atoms with Crippen LogP contribution in [0.5, 0.6) is 11.5 Å². The van der Waals surface area contributed by atoms with E-state index in [-0.39, 0.29) is 6.10 Å². The minimum atomic E-state index is -1.83. The Kier molecular flexibility index (Phi) is 8.90. The van der Waals surface area contributed by atoms with E-state index in [2.05, 4.69) is 52.4 Å². The van der Waals surface area contributed by atoms with Gasteiger partial charge in [0.15, 0.2) is 0 Å². The summed E-state index contributed by atoms with van der Waals surface area (Å²) in [5.41, 5.74) is 1.56. The van der Waals surface area contributed by atoms with Gasteiger partial charge in [-0.25, -0.2) is 0 Å². The Morgan fingerprint density at radius 1 is 0.889 bits per heavy atom. The summed E-state index contributed by atoms with van der Waals surface area (Å²) in [5.74, 6) is -0.325. The Balaban J connectivity index is 1.52. The molecule has 0 bridgehead atoms. The number of ether oxygens (including phenoxy) is 3. The van der Waals surface area contributed by atoms with Crippen LogP contribution in [-0.4, -0.2) is 19.0 Å². The molecule has 0 saturated heterocycles. The molecule has 228 valence electrons. The summed E-state index contributed by atoms with van der Waals surface area (Å²) < 4.78 is 19.2. The van der Waals surface area contributed by atoms with Crippen LogP contribution in [0.25, 0.3) is 10.8 Å². The van der Waals surface area contributed by atoms with Crippen molar-refractivity contribution in [3.63, 3.8) is 0 Å². The Bertz CT molecular complexity index is 1850. The normalized spacial score (nSPS) is 16.1. The van der Waals surface area contributed by atoms with Crippen LogP contribution in [0.4, 0.5) is 5.69 Å². The van der Waals surface area contributed by atoms with E-state index >= 15 is 0 Å². The number of unbranched alkanes of at least 4 members (excludes halogenated alkanes) is 1. The summed E-state index contributed by atoms with van der Waals surface area (Å²) in [6, 6.07) is 35.0. The second-order valence-corrected chi connectivity index (χ2v) is 12.0. The molecule has 1 aliphatic rings. The molecule has 0 radical (unpaired) electrons. The van der Waals surface area contributed by atoms with E-state index < -0.39 is 17.3 Å². The number of para-hydroxylation sites is 1. The average Bonchev–Trinajstić information content (AvgIpc) is 3.39. The molecular formula is C38H34BrNO5. The van der Waals surface area contributed by atoms with Gasteiger partial charge in [-0.05, 0) is 69.4 Å². The van der Waals surface area contributed by atoms with Crippen LogP contribution < -0.4 is 14.8 Å². The van der Waals surface area contributed by atoms with E-state index in [1.165, 1.54) is 7.11 Å². The number of hydrogen-bond donors (Lipinski definition) is 1. The van der Waals surface area contributed by atoms with E-state index in [0.717, 1.165) is 41.2 Å². The molecule has 45 heavy (non-hydrogen) atoms. The van der Waals surface area contributed by atoms with E-state index in [0.29, 0.717) is 39.4 Å². The van der Waals surface area contributed by atoms with Gasteiger partial charge in [0.2, 0.25) is 5.41 Å². The fraction of sp³-hybridized carbons (Fsp3) is 0.211.